The van der Waals surface area contributed by atoms with Crippen molar-refractivity contribution in [1.82, 2.24) is 4.57 Å². The van der Waals surface area contributed by atoms with Gasteiger partial charge in [-0.1, -0.05) is 18.2 Å². The Labute approximate surface area is 171 Å². The van der Waals surface area contributed by atoms with E-state index in [0.717, 1.165) is 23.0 Å². The molecule has 7 nitrogen and oxygen atoms in total. The van der Waals surface area contributed by atoms with Crippen LogP contribution >= 0.6 is 0 Å². The average Bonchev–Trinajstić information content (AvgIpc) is 3.08. The molecular formula is C20H18F2N2O5S. The molecule has 0 saturated heterocycles. The van der Waals surface area contributed by atoms with Crippen LogP contribution in [0, 0.1) is 11.6 Å². The Bertz CT molecular complexity index is 1250. The van der Waals surface area contributed by atoms with E-state index in [9.17, 15) is 26.8 Å². The first-order valence-electron chi connectivity index (χ1n) is 8.73. The van der Waals surface area contributed by atoms with Crippen molar-refractivity contribution in [3.63, 3.8) is 0 Å². The van der Waals surface area contributed by atoms with Crippen LogP contribution in [0.5, 0.6) is 0 Å². The lowest BCUT2D eigenvalue weighted by Crippen LogP contribution is -2.44. The Balaban J connectivity index is 2.13. The molecule has 0 bridgehead atoms. The minimum Gasteiger partial charge on any atom is -0.465 e. The summed E-state index contributed by atoms with van der Waals surface area (Å²) >= 11 is 0. The molecule has 0 spiro atoms. The van der Waals surface area contributed by atoms with E-state index in [1.54, 1.807) is 24.3 Å². The lowest BCUT2D eigenvalue weighted by Gasteiger charge is -2.28. The van der Waals surface area contributed by atoms with Gasteiger partial charge in [-0.3, -0.25) is 13.7 Å². The topological polar surface area (TPSA) is 85.7 Å². The number of sulfonamides is 1. The number of rotatable bonds is 5. The van der Waals surface area contributed by atoms with Gasteiger partial charge < -0.3 is 4.74 Å². The van der Waals surface area contributed by atoms with E-state index in [1.165, 1.54) is 20.2 Å². The normalized spacial score (nSPS) is 12.6. The zero-order chi connectivity index (χ0) is 22.2. The Morgan fingerprint density at radius 1 is 1.10 bits per heavy atom. The third-order valence-corrected chi connectivity index (χ3v) is 5.82. The Morgan fingerprint density at radius 2 is 1.77 bits per heavy atom. The van der Waals surface area contributed by atoms with Crippen LogP contribution < -0.4 is 4.31 Å². The van der Waals surface area contributed by atoms with Crippen molar-refractivity contribution in [1.29, 1.82) is 0 Å². The largest absolute Gasteiger partial charge is 0.465 e. The van der Waals surface area contributed by atoms with Gasteiger partial charge in [0.15, 0.2) is 11.6 Å². The molecule has 158 valence electrons. The molecule has 0 radical (unpaired) electrons. The quantitative estimate of drug-likeness (QED) is 0.574. The highest BCUT2D eigenvalue weighted by Gasteiger charge is 2.32. The second-order valence-electron chi connectivity index (χ2n) is 6.59. The molecule has 1 aromatic heterocycles. The number of fused-ring (bicyclic) bond motifs is 1. The summed E-state index contributed by atoms with van der Waals surface area (Å²) < 4.78 is 58.4. The first-order valence-corrected chi connectivity index (χ1v) is 10.6. The first kappa shape index (κ1) is 21.4. The van der Waals surface area contributed by atoms with Crippen LogP contribution in [0.4, 0.5) is 14.5 Å². The third-order valence-electron chi connectivity index (χ3n) is 4.58. The van der Waals surface area contributed by atoms with Crippen LogP contribution in [0.25, 0.3) is 10.9 Å². The molecule has 0 fully saturated rings. The summed E-state index contributed by atoms with van der Waals surface area (Å²) in [6, 6.07) is 7.77. The lowest BCUT2D eigenvalue weighted by molar-refractivity contribution is 0.0603. The second-order valence-corrected chi connectivity index (χ2v) is 8.45. The summed E-state index contributed by atoms with van der Waals surface area (Å²) in [5.41, 5.74) is 0.294. The number of methoxy groups -OCH3 is 1. The molecule has 1 atom stereocenters. The number of nitrogens with zero attached hydrogens (tertiary/aromatic N) is 2. The number of halogens is 2. The van der Waals surface area contributed by atoms with Crippen LogP contribution in [0.2, 0.25) is 0 Å². The zero-order valence-corrected chi connectivity index (χ0v) is 17.1. The van der Waals surface area contributed by atoms with Gasteiger partial charge in [-0.05, 0) is 25.1 Å². The molecule has 2 aromatic carbocycles. The van der Waals surface area contributed by atoms with Gasteiger partial charge in [-0.2, -0.15) is 0 Å². The number of aromatic nitrogens is 1. The van der Waals surface area contributed by atoms with Gasteiger partial charge in [-0.25, -0.2) is 22.0 Å². The highest BCUT2D eigenvalue weighted by molar-refractivity contribution is 7.92. The van der Waals surface area contributed by atoms with Gasteiger partial charge in [0.05, 0.1) is 30.1 Å². The van der Waals surface area contributed by atoms with Gasteiger partial charge in [0.25, 0.3) is 5.91 Å². The van der Waals surface area contributed by atoms with Crippen molar-refractivity contribution in [3.05, 3.63) is 65.9 Å². The zero-order valence-electron chi connectivity index (χ0n) is 16.3. The van der Waals surface area contributed by atoms with Crippen LogP contribution in [0.3, 0.4) is 0 Å². The smallest absolute Gasteiger partial charge is 0.340 e. The Morgan fingerprint density at radius 3 is 2.37 bits per heavy atom. The minimum absolute atomic E-state index is 0.132. The number of carbonyl (C=O) groups excluding carboxylic acids is 2. The number of esters is 1. The van der Waals surface area contributed by atoms with Crippen molar-refractivity contribution in [2.75, 3.05) is 17.7 Å². The molecule has 3 rings (SSSR count). The number of para-hydroxylation sites is 1. The van der Waals surface area contributed by atoms with E-state index >= 15 is 0 Å². The van der Waals surface area contributed by atoms with Crippen LogP contribution in [0.1, 0.15) is 22.1 Å². The SMILES string of the molecule is COC(=O)c1cn(C(=O)[C@H](C)N(c2ccc(F)c(F)c2)S(C)(=O)=O)c2ccccc12. The van der Waals surface area contributed by atoms with E-state index in [0.29, 0.717) is 21.3 Å². The molecule has 0 saturated carbocycles. The average molecular weight is 436 g/mol. The van der Waals surface area contributed by atoms with Gasteiger partial charge in [-0.15, -0.1) is 0 Å². The second kappa shape index (κ2) is 7.86. The van der Waals surface area contributed by atoms with E-state index in [4.69, 9.17) is 4.74 Å². The number of ether oxygens (including phenoxy) is 1. The van der Waals surface area contributed by atoms with Crippen LogP contribution in [-0.4, -0.2) is 44.3 Å². The summed E-state index contributed by atoms with van der Waals surface area (Å²) in [7, 11) is -2.85. The predicted molar refractivity (Wildman–Crippen MR) is 107 cm³/mol. The summed E-state index contributed by atoms with van der Waals surface area (Å²) in [6.45, 7) is 1.32. The van der Waals surface area contributed by atoms with Gasteiger partial charge in [0, 0.05) is 17.6 Å². The van der Waals surface area contributed by atoms with Crippen molar-refractivity contribution in [2.45, 2.75) is 13.0 Å². The summed E-state index contributed by atoms with van der Waals surface area (Å²) in [6.07, 6.45) is 2.12. The van der Waals surface area contributed by atoms with Gasteiger partial charge >= 0.3 is 5.97 Å². The van der Waals surface area contributed by atoms with Crippen LogP contribution in [-0.2, 0) is 14.8 Å². The van der Waals surface area contributed by atoms with E-state index in [2.05, 4.69) is 0 Å². The highest BCUT2D eigenvalue weighted by atomic mass is 32.2. The third kappa shape index (κ3) is 3.78. The maximum atomic E-state index is 13.7. The molecular weight excluding hydrogens is 418 g/mol. The van der Waals surface area contributed by atoms with Crippen molar-refractivity contribution in [3.8, 4) is 0 Å². The van der Waals surface area contributed by atoms with E-state index in [-0.39, 0.29) is 11.3 Å². The Kier molecular flexibility index (Phi) is 5.62. The number of benzene rings is 2. The standard InChI is InChI=1S/C20H18F2N2O5S/c1-12(24(30(3,27)28)13-8-9-16(21)17(22)10-13)19(25)23-11-15(20(26)29-2)14-6-4-5-7-18(14)23/h4-12H,1-3H3/t12-/m0/s1. The molecule has 0 aliphatic heterocycles. The first-order chi connectivity index (χ1) is 14.1. The number of hydrogen-bond donors (Lipinski definition) is 0. The highest BCUT2D eigenvalue weighted by Crippen LogP contribution is 2.27. The summed E-state index contributed by atoms with van der Waals surface area (Å²) in [5.74, 6) is -3.76. The Hall–Kier alpha value is -3.27. The molecule has 3 aromatic rings. The van der Waals surface area contributed by atoms with Crippen molar-refractivity contribution in [2.24, 2.45) is 0 Å². The summed E-state index contributed by atoms with van der Waals surface area (Å²) in [4.78, 5) is 25.3. The summed E-state index contributed by atoms with van der Waals surface area (Å²) in [5, 5.41) is 0.448. The van der Waals surface area contributed by atoms with E-state index < -0.39 is 39.6 Å². The number of anilines is 1. The molecule has 0 N–H and O–H groups in total. The minimum atomic E-state index is -4.05. The molecule has 0 amide bonds. The molecule has 0 aliphatic rings. The molecule has 1 heterocycles. The molecule has 10 heteroatoms. The lowest BCUT2D eigenvalue weighted by atomic mass is 10.2. The fraction of sp³-hybridized carbons (Fsp3) is 0.200. The van der Waals surface area contributed by atoms with Crippen molar-refractivity contribution < 1.29 is 31.5 Å². The maximum absolute atomic E-state index is 13.7. The van der Waals surface area contributed by atoms with Gasteiger partial charge in [0.1, 0.15) is 6.04 Å². The molecule has 0 aliphatic carbocycles. The fourth-order valence-electron chi connectivity index (χ4n) is 3.26. The molecule has 30 heavy (non-hydrogen) atoms. The fourth-order valence-corrected chi connectivity index (χ4v) is 4.42. The molecule has 0 unspecified atom stereocenters. The van der Waals surface area contributed by atoms with Crippen LogP contribution in [0.15, 0.2) is 48.7 Å². The van der Waals surface area contributed by atoms with Gasteiger partial charge in [0.2, 0.25) is 10.0 Å². The predicted octanol–water partition coefficient (Wildman–Crippen LogP) is 3.20. The number of hydrogen-bond acceptors (Lipinski definition) is 5. The number of carbonyl (C=O) groups is 2. The monoisotopic (exact) mass is 436 g/mol. The van der Waals surface area contributed by atoms with E-state index in [1.807, 2.05) is 0 Å². The maximum Gasteiger partial charge on any atom is 0.340 e. The van der Waals surface area contributed by atoms with Crippen molar-refractivity contribution >= 4 is 38.5 Å².